The van der Waals surface area contributed by atoms with E-state index in [2.05, 4.69) is 0 Å². The minimum atomic E-state index is -0.964. The van der Waals surface area contributed by atoms with Gasteiger partial charge < -0.3 is 19.4 Å². The molecule has 7 heteroatoms. The fourth-order valence-electron chi connectivity index (χ4n) is 2.62. The van der Waals surface area contributed by atoms with E-state index in [0.717, 1.165) is 44.9 Å². The summed E-state index contributed by atoms with van der Waals surface area (Å²) in [5, 5.41) is 17.5. The second-order valence-corrected chi connectivity index (χ2v) is 7.55. The molecule has 25 heavy (non-hydrogen) atoms. The molecule has 0 aromatic carbocycles. The van der Waals surface area contributed by atoms with Gasteiger partial charge >= 0.3 is 17.9 Å². The minimum absolute atomic E-state index is 0.169. The van der Waals surface area contributed by atoms with E-state index in [1.807, 2.05) is 21.1 Å². The number of ether oxygens (including phenoxy) is 1. The number of hydrogen-bond donors (Lipinski definition) is 2. The van der Waals surface area contributed by atoms with E-state index < -0.39 is 18.0 Å². The first-order valence-corrected chi connectivity index (χ1v) is 9.03. The van der Waals surface area contributed by atoms with Crippen molar-refractivity contribution >= 4 is 17.9 Å². The zero-order chi connectivity index (χ0) is 19.3. The molecule has 7 nitrogen and oxygen atoms in total. The first kappa shape index (κ1) is 23.4. The Morgan fingerprint density at radius 3 is 1.72 bits per heavy atom. The molecule has 146 valence electrons. The summed E-state index contributed by atoms with van der Waals surface area (Å²) in [5.74, 6) is -2.04. The Bertz CT molecular complexity index is 416. The normalized spacial score (nSPS) is 12.6. The standard InChI is InChI=1S/C18H33NO6/c1-19(2,3)14-15(13-17(22)23)25-18(24)12-10-8-6-4-5-7-9-11-16(20)21/h15H,4-14H2,1-3H3,(H-,20,21,22,23)/p+1. The van der Waals surface area contributed by atoms with E-state index in [1.165, 1.54) is 0 Å². The van der Waals surface area contributed by atoms with Gasteiger partial charge in [-0.25, -0.2) is 0 Å². The van der Waals surface area contributed by atoms with Crippen LogP contribution in [-0.4, -0.2) is 66.4 Å². The van der Waals surface area contributed by atoms with Gasteiger partial charge in [0.15, 0.2) is 6.10 Å². The van der Waals surface area contributed by atoms with E-state index in [-0.39, 0.29) is 18.8 Å². The van der Waals surface area contributed by atoms with Crippen LogP contribution in [0.25, 0.3) is 0 Å². The van der Waals surface area contributed by atoms with Crippen molar-refractivity contribution in [3.05, 3.63) is 0 Å². The van der Waals surface area contributed by atoms with Crippen LogP contribution in [0, 0.1) is 0 Å². The Labute approximate surface area is 150 Å². The number of unbranched alkanes of at least 4 members (excludes halogenated alkanes) is 6. The van der Waals surface area contributed by atoms with Gasteiger partial charge in [0.25, 0.3) is 0 Å². The third-order valence-corrected chi connectivity index (χ3v) is 3.72. The molecule has 2 N–H and O–H groups in total. The monoisotopic (exact) mass is 360 g/mol. The fourth-order valence-corrected chi connectivity index (χ4v) is 2.62. The molecule has 0 aliphatic carbocycles. The highest BCUT2D eigenvalue weighted by Crippen LogP contribution is 2.12. The maximum Gasteiger partial charge on any atom is 0.307 e. The number of likely N-dealkylation sites (N-methyl/N-ethyl adjacent to an activating group) is 1. The summed E-state index contributed by atoms with van der Waals surface area (Å²) in [7, 11) is 5.79. The largest absolute Gasteiger partial charge is 0.481 e. The first-order chi connectivity index (χ1) is 11.6. The van der Waals surface area contributed by atoms with Crippen molar-refractivity contribution in [3.8, 4) is 0 Å². The molecule has 0 rings (SSSR count). The highest BCUT2D eigenvalue weighted by Gasteiger charge is 2.24. The van der Waals surface area contributed by atoms with E-state index in [9.17, 15) is 14.4 Å². The van der Waals surface area contributed by atoms with Crippen LogP contribution in [0.3, 0.4) is 0 Å². The maximum atomic E-state index is 11.9. The Hall–Kier alpha value is -1.63. The quantitative estimate of drug-likeness (QED) is 0.264. The van der Waals surface area contributed by atoms with Crippen molar-refractivity contribution in [1.82, 2.24) is 0 Å². The molecule has 0 aliphatic heterocycles. The predicted octanol–water partition coefficient (Wildman–Crippen LogP) is 2.67. The predicted molar refractivity (Wildman–Crippen MR) is 94.2 cm³/mol. The molecule has 0 radical (unpaired) electrons. The summed E-state index contributed by atoms with van der Waals surface area (Å²) >= 11 is 0. The van der Waals surface area contributed by atoms with Crippen LogP contribution in [0.4, 0.5) is 0 Å². The Kier molecular flexibility index (Phi) is 11.9. The summed E-state index contributed by atoms with van der Waals surface area (Å²) in [4.78, 5) is 33.1. The van der Waals surface area contributed by atoms with E-state index in [1.54, 1.807) is 0 Å². The molecular weight excluding hydrogens is 326 g/mol. The van der Waals surface area contributed by atoms with Crippen molar-refractivity contribution in [3.63, 3.8) is 0 Å². The van der Waals surface area contributed by atoms with Gasteiger partial charge in [-0.3, -0.25) is 14.4 Å². The molecule has 0 heterocycles. The number of esters is 1. The summed E-state index contributed by atoms with van der Waals surface area (Å²) in [6.07, 6.45) is 6.15. The van der Waals surface area contributed by atoms with E-state index >= 15 is 0 Å². The number of hydrogen-bond acceptors (Lipinski definition) is 4. The zero-order valence-corrected chi connectivity index (χ0v) is 15.8. The highest BCUT2D eigenvalue weighted by atomic mass is 16.5. The van der Waals surface area contributed by atoms with Crippen LogP contribution in [0.2, 0.25) is 0 Å². The number of aliphatic carboxylic acids is 2. The van der Waals surface area contributed by atoms with Crippen molar-refractivity contribution in [2.45, 2.75) is 70.3 Å². The topological polar surface area (TPSA) is 101 Å². The average Bonchev–Trinajstić information content (AvgIpc) is 2.42. The SMILES string of the molecule is C[N+](C)(C)CC(CC(=O)O)OC(=O)CCCCCCCCCC(=O)O. The zero-order valence-electron chi connectivity index (χ0n) is 15.8. The summed E-state index contributed by atoms with van der Waals surface area (Å²) in [6.45, 7) is 0.467. The fraction of sp³-hybridized carbons (Fsp3) is 0.833. The molecule has 1 atom stereocenters. The number of carboxylic acids is 2. The second kappa shape index (κ2) is 12.7. The molecule has 0 aromatic heterocycles. The molecule has 0 saturated heterocycles. The number of quaternary nitrogens is 1. The smallest absolute Gasteiger partial charge is 0.307 e. The molecule has 0 aliphatic rings. The first-order valence-electron chi connectivity index (χ1n) is 9.03. The second-order valence-electron chi connectivity index (χ2n) is 7.55. The third-order valence-electron chi connectivity index (χ3n) is 3.72. The molecular formula is C18H34NO6+. The van der Waals surface area contributed by atoms with Crippen LogP contribution >= 0.6 is 0 Å². The van der Waals surface area contributed by atoms with Crippen LogP contribution in [-0.2, 0) is 19.1 Å². The number of carboxylic acid groups (broad SMARTS) is 2. The van der Waals surface area contributed by atoms with Crippen LogP contribution < -0.4 is 0 Å². The minimum Gasteiger partial charge on any atom is -0.481 e. The summed E-state index contributed by atoms with van der Waals surface area (Å²) < 4.78 is 5.86. The van der Waals surface area contributed by atoms with Crippen molar-refractivity contribution in [2.24, 2.45) is 0 Å². The number of carbonyl (C=O) groups excluding carboxylic acids is 1. The van der Waals surface area contributed by atoms with Gasteiger partial charge in [0.1, 0.15) is 6.54 Å². The third kappa shape index (κ3) is 17.0. The molecule has 0 bridgehead atoms. The lowest BCUT2D eigenvalue weighted by molar-refractivity contribution is -0.873. The van der Waals surface area contributed by atoms with Gasteiger partial charge in [0.05, 0.1) is 27.6 Å². The van der Waals surface area contributed by atoms with E-state index in [4.69, 9.17) is 14.9 Å². The van der Waals surface area contributed by atoms with Crippen LogP contribution in [0.15, 0.2) is 0 Å². The average molecular weight is 360 g/mol. The lowest BCUT2D eigenvalue weighted by Crippen LogP contribution is -2.43. The van der Waals surface area contributed by atoms with Gasteiger partial charge in [-0.2, -0.15) is 0 Å². The van der Waals surface area contributed by atoms with Gasteiger partial charge in [-0.15, -0.1) is 0 Å². The molecule has 0 amide bonds. The maximum absolute atomic E-state index is 11.9. The molecule has 0 fully saturated rings. The molecule has 0 aromatic rings. The van der Waals surface area contributed by atoms with Gasteiger partial charge in [-0.05, 0) is 12.8 Å². The van der Waals surface area contributed by atoms with Gasteiger partial charge in [0, 0.05) is 12.8 Å². The number of rotatable bonds is 15. The molecule has 1 unspecified atom stereocenters. The number of nitrogens with zero attached hydrogens (tertiary/aromatic N) is 1. The highest BCUT2D eigenvalue weighted by molar-refractivity contribution is 5.71. The van der Waals surface area contributed by atoms with Crippen LogP contribution in [0.5, 0.6) is 0 Å². The Morgan fingerprint density at radius 1 is 0.800 bits per heavy atom. The van der Waals surface area contributed by atoms with Crippen LogP contribution in [0.1, 0.15) is 64.2 Å². The number of carbonyl (C=O) groups is 3. The lowest BCUT2D eigenvalue weighted by atomic mass is 10.1. The molecule has 0 saturated carbocycles. The van der Waals surface area contributed by atoms with Crippen molar-refractivity contribution in [2.75, 3.05) is 27.7 Å². The summed E-state index contributed by atoms with van der Waals surface area (Å²) in [5.41, 5.74) is 0. The van der Waals surface area contributed by atoms with Gasteiger partial charge in [-0.1, -0.05) is 32.1 Å². The van der Waals surface area contributed by atoms with E-state index in [0.29, 0.717) is 17.4 Å². The Balaban J connectivity index is 3.82. The summed E-state index contributed by atoms with van der Waals surface area (Å²) in [6, 6.07) is 0. The molecule has 0 spiro atoms. The Morgan fingerprint density at radius 2 is 1.28 bits per heavy atom. The van der Waals surface area contributed by atoms with Crippen molar-refractivity contribution < 1.29 is 33.8 Å². The van der Waals surface area contributed by atoms with Gasteiger partial charge in [0.2, 0.25) is 0 Å². The van der Waals surface area contributed by atoms with Crippen molar-refractivity contribution in [1.29, 1.82) is 0 Å². The lowest BCUT2D eigenvalue weighted by Gasteiger charge is -2.28.